The first kappa shape index (κ1) is 9.27. The minimum Gasteiger partial charge on any atom is -0.365 e. The van der Waals surface area contributed by atoms with E-state index in [4.69, 9.17) is 12.2 Å². The van der Waals surface area contributed by atoms with E-state index >= 15 is 0 Å². The first-order valence-electron chi connectivity index (χ1n) is 4.70. The van der Waals surface area contributed by atoms with Crippen LogP contribution in [0.25, 0.3) is 0 Å². The van der Waals surface area contributed by atoms with Gasteiger partial charge in [0.2, 0.25) is 0 Å². The molecule has 74 valence electrons. The molecule has 0 aliphatic carbocycles. The van der Waals surface area contributed by atoms with E-state index in [0.29, 0.717) is 0 Å². The zero-order chi connectivity index (χ0) is 9.80. The van der Waals surface area contributed by atoms with E-state index in [1.807, 2.05) is 30.3 Å². The fraction of sp³-hybridized carbons (Fsp3) is 0.300. The van der Waals surface area contributed by atoms with Gasteiger partial charge in [0.1, 0.15) is 0 Å². The minimum absolute atomic E-state index is 0.242. The van der Waals surface area contributed by atoms with Crippen molar-refractivity contribution < 1.29 is 0 Å². The fourth-order valence-corrected chi connectivity index (χ4v) is 1.70. The number of benzene rings is 1. The van der Waals surface area contributed by atoms with E-state index in [0.717, 1.165) is 23.8 Å². The van der Waals surface area contributed by atoms with Crippen LogP contribution in [0.4, 0.5) is 5.69 Å². The second kappa shape index (κ2) is 4.28. The van der Waals surface area contributed by atoms with Crippen molar-refractivity contribution in [3.8, 4) is 0 Å². The molecule has 14 heavy (non-hydrogen) atoms. The van der Waals surface area contributed by atoms with Gasteiger partial charge < -0.3 is 16.0 Å². The monoisotopic (exact) mass is 207 g/mol. The highest BCUT2D eigenvalue weighted by atomic mass is 32.1. The predicted molar refractivity (Wildman–Crippen MR) is 62.2 cm³/mol. The summed E-state index contributed by atoms with van der Waals surface area (Å²) in [7, 11) is 0. The standard InChI is InChI=1S/C10H13N3S/c14-10-11-7-6-9(13-10)12-8-4-2-1-3-5-8/h1-5,9,12H,6-7H2,(H2,11,13,14). The van der Waals surface area contributed by atoms with E-state index in [1.165, 1.54) is 0 Å². The van der Waals surface area contributed by atoms with Gasteiger partial charge in [-0.15, -0.1) is 0 Å². The number of hydrogen-bond donors (Lipinski definition) is 3. The Labute approximate surface area is 88.9 Å². The minimum atomic E-state index is 0.242. The summed E-state index contributed by atoms with van der Waals surface area (Å²) in [5.41, 5.74) is 1.12. The van der Waals surface area contributed by atoms with Crippen LogP contribution in [0.5, 0.6) is 0 Å². The number of rotatable bonds is 2. The van der Waals surface area contributed by atoms with Gasteiger partial charge in [0.25, 0.3) is 0 Å². The molecule has 1 saturated heterocycles. The molecular weight excluding hydrogens is 194 g/mol. The van der Waals surface area contributed by atoms with Gasteiger partial charge in [-0.05, 0) is 24.4 Å². The SMILES string of the molecule is S=C1NCCC(Nc2ccccc2)N1. The molecule has 1 aromatic carbocycles. The highest BCUT2D eigenvalue weighted by molar-refractivity contribution is 7.80. The Kier molecular flexibility index (Phi) is 2.84. The number of nitrogens with one attached hydrogen (secondary N) is 3. The highest BCUT2D eigenvalue weighted by Gasteiger charge is 2.13. The van der Waals surface area contributed by atoms with Crippen LogP contribution in [-0.2, 0) is 0 Å². The summed E-state index contributed by atoms with van der Waals surface area (Å²) < 4.78 is 0. The lowest BCUT2D eigenvalue weighted by atomic mass is 10.2. The summed E-state index contributed by atoms with van der Waals surface area (Å²) in [6.45, 7) is 0.927. The van der Waals surface area contributed by atoms with E-state index in [-0.39, 0.29) is 6.17 Å². The van der Waals surface area contributed by atoms with Gasteiger partial charge in [0.05, 0.1) is 6.17 Å². The van der Waals surface area contributed by atoms with Crippen molar-refractivity contribution in [3.05, 3.63) is 30.3 Å². The van der Waals surface area contributed by atoms with Crippen LogP contribution in [0.2, 0.25) is 0 Å². The summed E-state index contributed by atoms with van der Waals surface area (Å²) in [6, 6.07) is 10.1. The van der Waals surface area contributed by atoms with Gasteiger partial charge in [0, 0.05) is 18.7 Å². The topological polar surface area (TPSA) is 36.1 Å². The zero-order valence-electron chi connectivity index (χ0n) is 7.79. The molecule has 4 heteroatoms. The third kappa shape index (κ3) is 2.35. The molecular formula is C10H13N3S. The smallest absolute Gasteiger partial charge is 0.167 e. The zero-order valence-corrected chi connectivity index (χ0v) is 8.60. The molecule has 1 atom stereocenters. The summed E-state index contributed by atoms with van der Waals surface area (Å²) >= 11 is 5.04. The lowest BCUT2D eigenvalue weighted by Gasteiger charge is -2.27. The average molecular weight is 207 g/mol. The van der Waals surface area contributed by atoms with Gasteiger partial charge in [-0.1, -0.05) is 18.2 Å². The summed E-state index contributed by atoms with van der Waals surface area (Å²) in [5, 5.41) is 10.4. The lowest BCUT2D eigenvalue weighted by molar-refractivity contribution is 0.562. The maximum Gasteiger partial charge on any atom is 0.167 e. The Balaban J connectivity index is 1.94. The quantitative estimate of drug-likeness (QED) is 0.639. The second-order valence-corrected chi connectivity index (χ2v) is 3.66. The Morgan fingerprint density at radius 2 is 2.07 bits per heavy atom. The molecule has 1 unspecified atom stereocenters. The molecule has 0 aromatic heterocycles. The molecule has 0 saturated carbocycles. The Hall–Kier alpha value is -1.29. The third-order valence-electron chi connectivity index (χ3n) is 2.14. The first-order valence-corrected chi connectivity index (χ1v) is 5.11. The fourth-order valence-electron chi connectivity index (χ4n) is 1.46. The molecule has 1 aliphatic heterocycles. The number of anilines is 1. The molecule has 0 spiro atoms. The van der Waals surface area contributed by atoms with Crippen LogP contribution >= 0.6 is 12.2 Å². The van der Waals surface area contributed by atoms with E-state index in [2.05, 4.69) is 16.0 Å². The van der Waals surface area contributed by atoms with Gasteiger partial charge in [0.15, 0.2) is 5.11 Å². The maximum absolute atomic E-state index is 5.04. The van der Waals surface area contributed by atoms with Crippen molar-refractivity contribution >= 4 is 23.0 Å². The van der Waals surface area contributed by atoms with Crippen molar-refractivity contribution in [1.82, 2.24) is 10.6 Å². The van der Waals surface area contributed by atoms with E-state index in [1.54, 1.807) is 0 Å². The Morgan fingerprint density at radius 3 is 2.79 bits per heavy atom. The number of para-hydroxylation sites is 1. The van der Waals surface area contributed by atoms with Gasteiger partial charge in [-0.3, -0.25) is 0 Å². The molecule has 3 N–H and O–H groups in total. The van der Waals surface area contributed by atoms with Crippen molar-refractivity contribution in [2.75, 3.05) is 11.9 Å². The van der Waals surface area contributed by atoms with Crippen molar-refractivity contribution in [2.45, 2.75) is 12.6 Å². The second-order valence-electron chi connectivity index (χ2n) is 3.25. The molecule has 2 rings (SSSR count). The lowest BCUT2D eigenvalue weighted by Crippen LogP contribution is -2.52. The Morgan fingerprint density at radius 1 is 1.29 bits per heavy atom. The van der Waals surface area contributed by atoms with Crippen LogP contribution in [0.15, 0.2) is 30.3 Å². The third-order valence-corrected chi connectivity index (χ3v) is 2.40. The highest BCUT2D eigenvalue weighted by Crippen LogP contribution is 2.08. The van der Waals surface area contributed by atoms with Crippen molar-refractivity contribution in [3.63, 3.8) is 0 Å². The van der Waals surface area contributed by atoms with Gasteiger partial charge >= 0.3 is 0 Å². The molecule has 0 radical (unpaired) electrons. The van der Waals surface area contributed by atoms with Crippen molar-refractivity contribution in [1.29, 1.82) is 0 Å². The van der Waals surface area contributed by atoms with Crippen LogP contribution < -0.4 is 16.0 Å². The van der Waals surface area contributed by atoms with Crippen LogP contribution in [-0.4, -0.2) is 17.8 Å². The summed E-state index contributed by atoms with van der Waals surface area (Å²) in [6.07, 6.45) is 1.26. The number of thiocarbonyl (C=S) groups is 1. The average Bonchev–Trinajstić information content (AvgIpc) is 2.19. The van der Waals surface area contributed by atoms with Gasteiger partial charge in [-0.25, -0.2) is 0 Å². The molecule has 3 nitrogen and oxygen atoms in total. The molecule has 0 amide bonds. The first-order chi connectivity index (χ1) is 6.84. The molecule has 1 fully saturated rings. The Bertz CT molecular complexity index is 312. The predicted octanol–water partition coefficient (Wildman–Crippen LogP) is 1.29. The molecule has 0 bridgehead atoms. The summed E-state index contributed by atoms with van der Waals surface area (Å²) in [5.74, 6) is 0. The maximum atomic E-state index is 5.04. The molecule has 1 heterocycles. The molecule has 1 aliphatic rings. The van der Waals surface area contributed by atoms with Crippen LogP contribution in [0.1, 0.15) is 6.42 Å². The van der Waals surface area contributed by atoms with E-state index < -0.39 is 0 Å². The van der Waals surface area contributed by atoms with Crippen molar-refractivity contribution in [2.24, 2.45) is 0 Å². The largest absolute Gasteiger partial charge is 0.365 e. The van der Waals surface area contributed by atoms with E-state index in [9.17, 15) is 0 Å². The summed E-state index contributed by atoms with van der Waals surface area (Å²) in [4.78, 5) is 0. The normalized spacial score (nSPS) is 20.9. The van der Waals surface area contributed by atoms with Gasteiger partial charge in [-0.2, -0.15) is 0 Å². The number of hydrogen-bond acceptors (Lipinski definition) is 2. The molecule has 1 aromatic rings. The van der Waals surface area contributed by atoms with Crippen LogP contribution in [0.3, 0.4) is 0 Å². The van der Waals surface area contributed by atoms with Crippen LogP contribution in [0, 0.1) is 0 Å².